The average molecular weight is 715 g/mol. The van der Waals surface area contributed by atoms with E-state index in [1.54, 1.807) is 0 Å². The molecule has 10 aromatic carbocycles. The van der Waals surface area contributed by atoms with Crippen LogP contribution >= 0.6 is 11.3 Å². The van der Waals surface area contributed by atoms with Crippen molar-refractivity contribution in [3.8, 4) is 55.6 Å². The van der Waals surface area contributed by atoms with Gasteiger partial charge in [-0.25, -0.2) is 0 Å². The summed E-state index contributed by atoms with van der Waals surface area (Å²) in [6.07, 6.45) is 0. The summed E-state index contributed by atoms with van der Waals surface area (Å²) in [6, 6.07) is 73.5. The molecule has 0 N–H and O–H groups in total. The molecular formula is C54H34S. The Morgan fingerprint density at radius 2 is 0.691 bits per heavy atom. The minimum absolute atomic E-state index is 1.22. The van der Waals surface area contributed by atoms with Crippen LogP contribution in [-0.2, 0) is 0 Å². The SMILES string of the molecule is c1ccc(-c2c(-c3ccc(-c4c5ccccc5c(-c5cccc6ccccc56)c5ccccc45)cc3)c3ccccc3c3c(-c4ccccc4)csc23)cc1. The van der Waals surface area contributed by atoms with E-state index in [0.717, 1.165) is 0 Å². The highest BCUT2D eigenvalue weighted by Gasteiger charge is 2.22. The maximum atomic E-state index is 2.35. The summed E-state index contributed by atoms with van der Waals surface area (Å²) in [6.45, 7) is 0. The molecule has 256 valence electrons. The Hall–Kier alpha value is -6.80. The second kappa shape index (κ2) is 13.0. The molecule has 0 fully saturated rings. The van der Waals surface area contributed by atoms with Crippen LogP contribution in [0.1, 0.15) is 0 Å². The van der Waals surface area contributed by atoms with Crippen LogP contribution in [-0.4, -0.2) is 0 Å². The number of rotatable bonds is 5. The fourth-order valence-electron chi connectivity index (χ4n) is 8.96. The van der Waals surface area contributed by atoms with Crippen LogP contribution in [0.25, 0.3) is 109 Å². The van der Waals surface area contributed by atoms with Gasteiger partial charge in [-0.05, 0) is 93.0 Å². The summed E-state index contributed by atoms with van der Waals surface area (Å²) < 4.78 is 1.32. The molecule has 0 bridgehead atoms. The van der Waals surface area contributed by atoms with E-state index >= 15 is 0 Å². The van der Waals surface area contributed by atoms with E-state index in [-0.39, 0.29) is 0 Å². The van der Waals surface area contributed by atoms with Crippen LogP contribution in [0.3, 0.4) is 0 Å². The van der Waals surface area contributed by atoms with Crippen molar-refractivity contribution in [2.45, 2.75) is 0 Å². The average Bonchev–Trinajstić information content (AvgIpc) is 3.71. The molecule has 0 aliphatic carbocycles. The number of thiophene rings is 1. The van der Waals surface area contributed by atoms with E-state index in [1.807, 2.05) is 11.3 Å². The molecule has 0 spiro atoms. The van der Waals surface area contributed by atoms with Gasteiger partial charge in [0.1, 0.15) is 0 Å². The van der Waals surface area contributed by atoms with Crippen molar-refractivity contribution in [2.75, 3.05) is 0 Å². The van der Waals surface area contributed by atoms with Crippen molar-refractivity contribution >= 4 is 64.5 Å². The Kier molecular flexibility index (Phi) is 7.46. The zero-order chi connectivity index (χ0) is 36.3. The molecule has 0 amide bonds. The smallest absolute Gasteiger partial charge is 0.0440 e. The molecule has 0 radical (unpaired) electrons. The van der Waals surface area contributed by atoms with Crippen LogP contribution in [0.2, 0.25) is 0 Å². The van der Waals surface area contributed by atoms with E-state index in [1.165, 1.54) is 109 Å². The third-order valence-electron chi connectivity index (χ3n) is 11.3. The Labute approximate surface area is 324 Å². The standard InChI is InChI=1S/C54H34S/c1-3-16-36(17-4-1)48-34-55-54-51(37-19-5-2-6-20-37)50(44-25-11-14-28-47(44)53(48)54)39-32-30-38(31-33-39)49-42-23-9-12-26-45(42)52(46-27-13-10-24-43(46)49)41-29-15-21-35-18-7-8-22-40(35)41/h1-34H. The molecule has 0 atom stereocenters. The van der Waals surface area contributed by atoms with Crippen molar-refractivity contribution in [1.82, 2.24) is 0 Å². The first-order chi connectivity index (χ1) is 27.3. The predicted octanol–water partition coefficient (Wildman–Crippen LogP) is 15.8. The Morgan fingerprint density at radius 3 is 1.31 bits per heavy atom. The van der Waals surface area contributed by atoms with Gasteiger partial charge in [0.05, 0.1) is 0 Å². The second-order valence-electron chi connectivity index (χ2n) is 14.3. The first kappa shape index (κ1) is 31.7. The van der Waals surface area contributed by atoms with Crippen molar-refractivity contribution in [2.24, 2.45) is 0 Å². The van der Waals surface area contributed by atoms with Gasteiger partial charge in [-0.15, -0.1) is 11.3 Å². The van der Waals surface area contributed by atoms with E-state index in [9.17, 15) is 0 Å². The molecule has 11 rings (SSSR count). The molecule has 0 saturated heterocycles. The molecule has 1 heteroatoms. The first-order valence-corrected chi connectivity index (χ1v) is 19.8. The predicted molar refractivity (Wildman–Crippen MR) is 239 cm³/mol. The molecule has 0 aliphatic rings. The van der Waals surface area contributed by atoms with Crippen LogP contribution in [0.15, 0.2) is 206 Å². The molecule has 0 nitrogen and oxygen atoms in total. The van der Waals surface area contributed by atoms with E-state index in [0.29, 0.717) is 0 Å². The summed E-state index contributed by atoms with van der Waals surface area (Å²) in [7, 11) is 0. The van der Waals surface area contributed by atoms with Gasteiger partial charge in [0.25, 0.3) is 0 Å². The van der Waals surface area contributed by atoms with E-state index in [4.69, 9.17) is 0 Å². The summed E-state index contributed by atoms with van der Waals surface area (Å²) in [5, 5.41) is 13.8. The lowest BCUT2D eigenvalue weighted by atomic mass is 9.83. The van der Waals surface area contributed by atoms with Gasteiger partial charge in [-0.2, -0.15) is 0 Å². The second-order valence-corrected chi connectivity index (χ2v) is 15.2. The highest BCUT2D eigenvalue weighted by atomic mass is 32.1. The van der Waals surface area contributed by atoms with Crippen molar-refractivity contribution in [3.05, 3.63) is 206 Å². The highest BCUT2D eigenvalue weighted by Crippen LogP contribution is 2.51. The lowest BCUT2D eigenvalue weighted by Crippen LogP contribution is -1.92. The quantitative estimate of drug-likeness (QED) is 0.156. The maximum Gasteiger partial charge on any atom is 0.0440 e. The van der Waals surface area contributed by atoms with Gasteiger partial charge in [0, 0.05) is 21.2 Å². The summed E-state index contributed by atoms with van der Waals surface area (Å²) in [5.41, 5.74) is 12.6. The number of fused-ring (bicyclic) bond motifs is 6. The van der Waals surface area contributed by atoms with Gasteiger partial charge < -0.3 is 0 Å². The van der Waals surface area contributed by atoms with Crippen LogP contribution in [0, 0.1) is 0 Å². The summed E-state index contributed by atoms with van der Waals surface area (Å²) in [5.74, 6) is 0. The Bertz CT molecular complexity index is 3160. The van der Waals surface area contributed by atoms with Crippen LogP contribution < -0.4 is 0 Å². The summed E-state index contributed by atoms with van der Waals surface area (Å²) in [4.78, 5) is 0. The monoisotopic (exact) mass is 714 g/mol. The molecule has 55 heavy (non-hydrogen) atoms. The molecule has 0 unspecified atom stereocenters. The minimum atomic E-state index is 1.22. The molecule has 1 heterocycles. The number of benzene rings is 10. The van der Waals surface area contributed by atoms with E-state index in [2.05, 4.69) is 206 Å². The largest absolute Gasteiger partial charge is 0.142 e. The highest BCUT2D eigenvalue weighted by molar-refractivity contribution is 7.18. The fourth-order valence-corrected chi connectivity index (χ4v) is 10.1. The zero-order valence-corrected chi connectivity index (χ0v) is 30.9. The van der Waals surface area contributed by atoms with Gasteiger partial charge in [0.15, 0.2) is 0 Å². The molecule has 0 aliphatic heterocycles. The van der Waals surface area contributed by atoms with Crippen molar-refractivity contribution in [1.29, 1.82) is 0 Å². The number of hydrogen-bond acceptors (Lipinski definition) is 1. The number of hydrogen-bond donors (Lipinski definition) is 0. The first-order valence-electron chi connectivity index (χ1n) is 18.9. The summed E-state index contributed by atoms with van der Waals surface area (Å²) >= 11 is 1.86. The normalized spacial score (nSPS) is 11.6. The molecule has 1 aromatic heterocycles. The van der Waals surface area contributed by atoms with Gasteiger partial charge in [-0.1, -0.05) is 200 Å². The lowest BCUT2D eigenvalue weighted by Gasteiger charge is -2.20. The Morgan fingerprint density at radius 1 is 0.255 bits per heavy atom. The van der Waals surface area contributed by atoms with Gasteiger partial charge >= 0.3 is 0 Å². The minimum Gasteiger partial charge on any atom is -0.142 e. The van der Waals surface area contributed by atoms with Gasteiger partial charge in [-0.3, -0.25) is 0 Å². The fraction of sp³-hybridized carbons (Fsp3) is 0. The maximum absolute atomic E-state index is 2.35. The zero-order valence-electron chi connectivity index (χ0n) is 30.0. The third-order valence-corrected chi connectivity index (χ3v) is 12.3. The Balaban J connectivity index is 1.16. The molecule has 0 saturated carbocycles. The van der Waals surface area contributed by atoms with Crippen LogP contribution in [0.4, 0.5) is 0 Å². The van der Waals surface area contributed by atoms with Crippen LogP contribution in [0.5, 0.6) is 0 Å². The van der Waals surface area contributed by atoms with Crippen molar-refractivity contribution < 1.29 is 0 Å². The van der Waals surface area contributed by atoms with Gasteiger partial charge in [0.2, 0.25) is 0 Å². The molecular weight excluding hydrogens is 681 g/mol. The lowest BCUT2D eigenvalue weighted by molar-refractivity contribution is 1.63. The topological polar surface area (TPSA) is 0 Å². The van der Waals surface area contributed by atoms with Crippen molar-refractivity contribution in [3.63, 3.8) is 0 Å². The third kappa shape index (κ3) is 5.05. The van der Waals surface area contributed by atoms with E-state index < -0.39 is 0 Å². The molecule has 11 aromatic rings.